The van der Waals surface area contributed by atoms with Crippen LogP contribution in [0.25, 0.3) is 10.9 Å². The molecule has 1 atom stereocenters. The first-order valence-electron chi connectivity index (χ1n) is 9.17. The number of ether oxygens (including phenoxy) is 1. The SMILES string of the molecule is NC(=O)CC(NC(=O)COc1cccc2cccnc12)C1CCCCC1. The fraction of sp³-hybridized carbons (Fsp3) is 0.450. The summed E-state index contributed by atoms with van der Waals surface area (Å²) >= 11 is 0. The summed E-state index contributed by atoms with van der Waals surface area (Å²) in [7, 11) is 0. The van der Waals surface area contributed by atoms with Crippen molar-refractivity contribution in [1.29, 1.82) is 0 Å². The van der Waals surface area contributed by atoms with Crippen LogP contribution in [0.4, 0.5) is 0 Å². The summed E-state index contributed by atoms with van der Waals surface area (Å²) in [6.07, 6.45) is 7.39. The van der Waals surface area contributed by atoms with E-state index in [0.29, 0.717) is 11.7 Å². The second-order valence-corrected chi connectivity index (χ2v) is 6.86. The van der Waals surface area contributed by atoms with Gasteiger partial charge in [-0.3, -0.25) is 14.6 Å². The number of benzene rings is 1. The first kappa shape index (κ1) is 18.2. The van der Waals surface area contributed by atoms with Crippen LogP contribution in [0.5, 0.6) is 5.75 Å². The molecule has 0 bridgehead atoms. The van der Waals surface area contributed by atoms with Crippen LogP contribution in [0.2, 0.25) is 0 Å². The Bertz CT molecular complexity index is 766. The minimum Gasteiger partial charge on any atom is -0.481 e. The van der Waals surface area contributed by atoms with Crippen LogP contribution >= 0.6 is 0 Å². The molecule has 1 heterocycles. The van der Waals surface area contributed by atoms with Crippen molar-refractivity contribution in [3.05, 3.63) is 36.5 Å². The summed E-state index contributed by atoms with van der Waals surface area (Å²) in [5.41, 5.74) is 6.10. The average Bonchev–Trinajstić information content (AvgIpc) is 2.66. The smallest absolute Gasteiger partial charge is 0.258 e. The monoisotopic (exact) mass is 355 g/mol. The van der Waals surface area contributed by atoms with E-state index in [1.807, 2.05) is 24.3 Å². The number of carbonyl (C=O) groups excluding carboxylic acids is 2. The molecule has 1 saturated carbocycles. The molecule has 1 aliphatic rings. The van der Waals surface area contributed by atoms with E-state index in [1.54, 1.807) is 12.3 Å². The van der Waals surface area contributed by atoms with Gasteiger partial charge in [0, 0.05) is 24.0 Å². The number of nitrogens with two attached hydrogens (primary N) is 1. The number of pyridine rings is 1. The highest BCUT2D eigenvalue weighted by molar-refractivity contribution is 5.85. The quantitative estimate of drug-likeness (QED) is 0.798. The van der Waals surface area contributed by atoms with Gasteiger partial charge in [-0.05, 0) is 30.9 Å². The third kappa shape index (κ3) is 4.71. The summed E-state index contributed by atoms with van der Waals surface area (Å²) in [6, 6.07) is 9.20. The van der Waals surface area contributed by atoms with E-state index in [2.05, 4.69) is 10.3 Å². The molecule has 1 aliphatic carbocycles. The lowest BCUT2D eigenvalue weighted by Gasteiger charge is -2.30. The van der Waals surface area contributed by atoms with Crippen LogP contribution in [-0.4, -0.2) is 29.4 Å². The van der Waals surface area contributed by atoms with Crippen molar-refractivity contribution in [3.8, 4) is 5.75 Å². The van der Waals surface area contributed by atoms with Gasteiger partial charge in [-0.15, -0.1) is 0 Å². The van der Waals surface area contributed by atoms with Crippen molar-refractivity contribution in [2.24, 2.45) is 11.7 Å². The van der Waals surface area contributed by atoms with Gasteiger partial charge in [-0.1, -0.05) is 37.5 Å². The third-order valence-electron chi connectivity index (χ3n) is 4.94. The molecule has 1 aromatic heterocycles. The molecule has 6 nitrogen and oxygen atoms in total. The van der Waals surface area contributed by atoms with Crippen LogP contribution in [0.3, 0.4) is 0 Å². The molecule has 26 heavy (non-hydrogen) atoms. The highest BCUT2D eigenvalue weighted by Crippen LogP contribution is 2.28. The van der Waals surface area contributed by atoms with Crippen molar-refractivity contribution in [2.45, 2.75) is 44.6 Å². The Hall–Kier alpha value is -2.63. The predicted molar refractivity (Wildman–Crippen MR) is 99.6 cm³/mol. The molecule has 1 aromatic carbocycles. The van der Waals surface area contributed by atoms with Crippen LogP contribution in [0.1, 0.15) is 38.5 Å². The number of primary amides is 1. The highest BCUT2D eigenvalue weighted by Gasteiger charge is 2.26. The second kappa shape index (κ2) is 8.65. The lowest BCUT2D eigenvalue weighted by molar-refractivity contribution is -0.125. The van der Waals surface area contributed by atoms with Crippen molar-refractivity contribution in [1.82, 2.24) is 10.3 Å². The van der Waals surface area contributed by atoms with E-state index in [-0.39, 0.29) is 30.9 Å². The van der Waals surface area contributed by atoms with Gasteiger partial charge in [0.1, 0.15) is 11.3 Å². The predicted octanol–water partition coefficient (Wildman–Crippen LogP) is 2.55. The largest absolute Gasteiger partial charge is 0.481 e. The van der Waals surface area contributed by atoms with Gasteiger partial charge in [-0.2, -0.15) is 0 Å². The molecule has 0 radical (unpaired) electrons. The van der Waals surface area contributed by atoms with Gasteiger partial charge in [0.05, 0.1) is 0 Å². The molecule has 6 heteroatoms. The van der Waals surface area contributed by atoms with Crippen molar-refractivity contribution < 1.29 is 14.3 Å². The molecule has 0 spiro atoms. The molecule has 3 rings (SSSR count). The van der Waals surface area contributed by atoms with Gasteiger partial charge >= 0.3 is 0 Å². The van der Waals surface area contributed by atoms with E-state index in [1.165, 1.54) is 6.42 Å². The first-order valence-corrected chi connectivity index (χ1v) is 9.17. The Morgan fingerprint density at radius 1 is 1.19 bits per heavy atom. The lowest BCUT2D eigenvalue weighted by Crippen LogP contribution is -2.45. The summed E-state index contributed by atoms with van der Waals surface area (Å²) < 4.78 is 5.68. The molecule has 0 aliphatic heterocycles. The molecule has 1 fully saturated rings. The Kier molecular flexibility index (Phi) is 6.04. The summed E-state index contributed by atoms with van der Waals surface area (Å²) in [5.74, 6) is 0.247. The summed E-state index contributed by atoms with van der Waals surface area (Å²) in [4.78, 5) is 28.1. The van der Waals surface area contributed by atoms with E-state index in [9.17, 15) is 9.59 Å². The maximum Gasteiger partial charge on any atom is 0.258 e. The van der Waals surface area contributed by atoms with Gasteiger partial charge in [-0.25, -0.2) is 0 Å². The molecule has 138 valence electrons. The first-order chi connectivity index (χ1) is 12.6. The highest BCUT2D eigenvalue weighted by atomic mass is 16.5. The molecule has 2 aromatic rings. The maximum absolute atomic E-state index is 12.4. The molecule has 1 unspecified atom stereocenters. The van der Waals surface area contributed by atoms with Gasteiger partial charge < -0.3 is 15.8 Å². The van der Waals surface area contributed by atoms with Gasteiger partial charge in [0.25, 0.3) is 5.91 Å². The fourth-order valence-corrected chi connectivity index (χ4v) is 3.67. The molecule has 0 saturated heterocycles. The number of amides is 2. The lowest BCUT2D eigenvalue weighted by atomic mass is 9.82. The van der Waals surface area contributed by atoms with Crippen LogP contribution in [0, 0.1) is 5.92 Å². The number of carbonyl (C=O) groups is 2. The molecule has 3 N–H and O–H groups in total. The third-order valence-corrected chi connectivity index (χ3v) is 4.94. The number of hydrogen-bond donors (Lipinski definition) is 2. The number of hydrogen-bond acceptors (Lipinski definition) is 4. The minimum absolute atomic E-state index is 0.113. The van der Waals surface area contributed by atoms with E-state index >= 15 is 0 Å². The van der Waals surface area contributed by atoms with Crippen LogP contribution in [-0.2, 0) is 9.59 Å². The minimum atomic E-state index is -0.389. The average molecular weight is 355 g/mol. The van der Waals surface area contributed by atoms with Crippen LogP contribution < -0.4 is 15.8 Å². The molecule has 2 amide bonds. The van der Waals surface area contributed by atoms with Crippen molar-refractivity contribution >= 4 is 22.7 Å². The Balaban J connectivity index is 1.61. The van der Waals surface area contributed by atoms with E-state index < -0.39 is 0 Å². The topological polar surface area (TPSA) is 94.3 Å². The van der Waals surface area contributed by atoms with E-state index in [0.717, 1.165) is 36.6 Å². The zero-order valence-corrected chi connectivity index (χ0v) is 14.8. The zero-order chi connectivity index (χ0) is 18.4. The molecular formula is C20H25N3O3. The Labute approximate surface area is 153 Å². The fourth-order valence-electron chi connectivity index (χ4n) is 3.67. The van der Waals surface area contributed by atoms with Crippen LogP contribution in [0.15, 0.2) is 36.5 Å². The number of para-hydroxylation sites is 1. The summed E-state index contributed by atoms with van der Waals surface area (Å²) in [6.45, 7) is -0.113. The Morgan fingerprint density at radius 2 is 1.96 bits per heavy atom. The number of fused-ring (bicyclic) bond motifs is 1. The summed E-state index contributed by atoms with van der Waals surface area (Å²) in [5, 5.41) is 3.91. The standard InChI is InChI=1S/C20H25N3O3/c21-18(24)12-16(14-6-2-1-3-7-14)23-19(25)13-26-17-10-4-8-15-9-5-11-22-20(15)17/h4-5,8-11,14,16H,1-3,6-7,12-13H2,(H2,21,24)(H,23,25). The number of nitrogens with one attached hydrogen (secondary N) is 1. The number of rotatable bonds is 7. The second-order valence-electron chi connectivity index (χ2n) is 6.86. The molecular weight excluding hydrogens is 330 g/mol. The van der Waals surface area contributed by atoms with Gasteiger partial charge in [0.15, 0.2) is 6.61 Å². The number of nitrogens with zero attached hydrogens (tertiary/aromatic N) is 1. The normalized spacial score (nSPS) is 16.2. The van der Waals surface area contributed by atoms with Crippen molar-refractivity contribution in [3.63, 3.8) is 0 Å². The Morgan fingerprint density at radius 3 is 2.73 bits per heavy atom. The zero-order valence-electron chi connectivity index (χ0n) is 14.8. The van der Waals surface area contributed by atoms with Gasteiger partial charge in [0.2, 0.25) is 5.91 Å². The number of aromatic nitrogens is 1. The maximum atomic E-state index is 12.4. The van der Waals surface area contributed by atoms with E-state index in [4.69, 9.17) is 10.5 Å². The van der Waals surface area contributed by atoms with Crippen molar-refractivity contribution in [2.75, 3.05) is 6.61 Å².